The smallest absolute Gasteiger partial charge is 0.321 e. The third-order valence-corrected chi connectivity index (χ3v) is 11.5. The molecule has 6 N–H and O–H groups in total. The van der Waals surface area contributed by atoms with Gasteiger partial charge in [-0.05, 0) is 95.3 Å². The molecule has 0 radical (unpaired) electrons. The van der Waals surface area contributed by atoms with Crippen molar-refractivity contribution >= 4 is 23.9 Å². The summed E-state index contributed by atoms with van der Waals surface area (Å²) in [6.45, 7) is 8.00. The average molecular weight is 667 g/mol. The minimum atomic E-state index is -1.31. The molecule has 2 rings (SSSR count). The Balaban J connectivity index is 1.97. The Morgan fingerprint density at radius 1 is 0.532 bits per heavy atom. The molecule has 0 unspecified atom stereocenters. The number of carboxylic acids is 4. The zero-order chi connectivity index (χ0) is 35.0. The van der Waals surface area contributed by atoms with Crippen molar-refractivity contribution < 1.29 is 39.6 Å². The van der Waals surface area contributed by atoms with Gasteiger partial charge in [-0.15, -0.1) is 0 Å². The van der Waals surface area contributed by atoms with Gasteiger partial charge in [0.25, 0.3) is 0 Å². The molecule has 0 aromatic carbocycles. The van der Waals surface area contributed by atoms with E-state index in [4.69, 9.17) is 0 Å². The summed E-state index contributed by atoms with van der Waals surface area (Å²) < 4.78 is 0. The Bertz CT molecular complexity index is 879. The van der Waals surface area contributed by atoms with Gasteiger partial charge in [-0.25, -0.2) is 0 Å². The molecule has 2 saturated carbocycles. The van der Waals surface area contributed by atoms with Crippen molar-refractivity contribution in [3.63, 3.8) is 0 Å². The first kappa shape index (κ1) is 41.0. The number of rotatable bonds is 24. The van der Waals surface area contributed by atoms with Crippen LogP contribution in [0.5, 0.6) is 0 Å². The van der Waals surface area contributed by atoms with E-state index in [0.29, 0.717) is 63.2 Å². The summed E-state index contributed by atoms with van der Waals surface area (Å²) in [6.07, 6.45) is 15.7. The summed E-state index contributed by atoms with van der Waals surface area (Å²) in [5, 5.41) is 47.7. The third-order valence-electron chi connectivity index (χ3n) is 11.5. The van der Waals surface area contributed by atoms with E-state index < -0.39 is 46.8 Å². The quantitative estimate of drug-likeness (QED) is 0.0606. The fourth-order valence-corrected chi connectivity index (χ4v) is 8.48. The van der Waals surface area contributed by atoms with E-state index in [9.17, 15) is 39.6 Å². The Kier molecular flexibility index (Phi) is 17.7. The van der Waals surface area contributed by atoms with Gasteiger partial charge in [0, 0.05) is 12.1 Å². The van der Waals surface area contributed by atoms with E-state index in [2.05, 4.69) is 10.6 Å². The summed E-state index contributed by atoms with van der Waals surface area (Å²) in [6, 6.07) is -2.25. The second kappa shape index (κ2) is 20.3. The SMILES string of the molecule is CCCCC(CCCC)(C(=O)O)[C@H](NC1CCC(CC2CCC(N[C@H](C(=O)O)C(CCCC)(CCCC)C(=O)O)CC2)CC1)C(=O)O. The van der Waals surface area contributed by atoms with Gasteiger partial charge in [-0.3, -0.25) is 19.2 Å². The molecule has 2 aliphatic carbocycles. The van der Waals surface area contributed by atoms with Crippen LogP contribution in [0.4, 0.5) is 0 Å². The second-order valence-corrected chi connectivity index (χ2v) is 14.9. The summed E-state index contributed by atoms with van der Waals surface area (Å²) >= 11 is 0. The molecule has 2 atom stereocenters. The van der Waals surface area contributed by atoms with E-state index in [-0.39, 0.29) is 12.1 Å². The zero-order valence-electron chi connectivity index (χ0n) is 29.7. The van der Waals surface area contributed by atoms with Crippen molar-refractivity contribution in [1.29, 1.82) is 0 Å². The molecule has 10 nitrogen and oxygen atoms in total. The highest BCUT2D eigenvalue weighted by Crippen LogP contribution is 2.40. The fraction of sp³-hybridized carbons (Fsp3) is 0.892. The monoisotopic (exact) mass is 666 g/mol. The Morgan fingerprint density at radius 3 is 1.02 bits per heavy atom. The second-order valence-electron chi connectivity index (χ2n) is 14.9. The van der Waals surface area contributed by atoms with Gasteiger partial charge in [0.15, 0.2) is 0 Å². The van der Waals surface area contributed by atoms with Crippen LogP contribution in [0.15, 0.2) is 0 Å². The van der Waals surface area contributed by atoms with E-state index in [1.165, 1.54) is 0 Å². The largest absolute Gasteiger partial charge is 0.481 e. The van der Waals surface area contributed by atoms with Crippen molar-refractivity contribution in [3.8, 4) is 0 Å². The molecule has 2 aliphatic rings. The van der Waals surface area contributed by atoms with Gasteiger partial charge in [0.05, 0.1) is 10.8 Å². The van der Waals surface area contributed by atoms with Crippen molar-refractivity contribution in [2.24, 2.45) is 22.7 Å². The molecule has 0 aliphatic heterocycles. The molecule has 2 fully saturated rings. The average Bonchev–Trinajstić information content (AvgIpc) is 3.04. The minimum Gasteiger partial charge on any atom is -0.481 e. The van der Waals surface area contributed by atoms with Crippen molar-refractivity contribution in [1.82, 2.24) is 10.6 Å². The van der Waals surface area contributed by atoms with Crippen LogP contribution in [0, 0.1) is 22.7 Å². The molecule has 0 spiro atoms. The molecule has 0 amide bonds. The van der Waals surface area contributed by atoms with Gasteiger partial charge in [-0.2, -0.15) is 0 Å². The molecule has 0 bridgehead atoms. The Morgan fingerprint density at radius 2 is 0.809 bits per heavy atom. The maximum atomic E-state index is 12.6. The lowest BCUT2D eigenvalue weighted by Crippen LogP contribution is -2.58. The summed E-state index contributed by atoms with van der Waals surface area (Å²) in [5.41, 5.74) is -2.62. The van der Waals surface area contributed by atoms with E-state index >= 15 is 0 Å². The lowest BCUT2D eigenvalue weighted by Gasteiger charge is -2.41. The van der Waals surface area contributed by atoms with Gasteiger partial charge < -0.3 is 31.1 Å². The molecule has 0 heterocycles. The topological polar surface area (TPSA) is 173 Å². The highest BCUT2D eigenvalue weighted by atomic mass is 16.4. The molecule has 0 saturated heterocycles. The molecule has 0 aromatic heterocycles. The number of hydrogen-bond donors (Lipinski definition) is 6. The predicted octanol–water partition coefficient (Wildman–Crippen LogP) is 7.48. The van der Waals surface area contributed by atoms with Crippen LogP contribution >= 0.6 is 0 Å². The molecular weight excluding hydrogens is 600 g/mol. The molecule has 10 heteroatoms. The number of carboxylic acid groups (broad SMARTS) is 4. The first-order chi connectivity index (χ1) is 22.4. The fourth-order valence-electron chi connectivity index (χ4n) is 8.48. The first-order valence-corrected chi connectivity index (χ1v) is 18.8. The normalized spacial score (nSPS) is 23.6. The van der Waals surface area contributed by atoms with Crippen molar-refractivity contribution in [3.05, 3.63) is 0 Å². The third kappa shape index (κ3) is 11.4. The number of unbranched alkanes of at least 4 members (excludes halogenated alkanes) is 4. The van der Waals surface area contributed by atoms with Crippen LogP contribution in [-0.4, -0.2) is 68.5 Å². The molecule has 0 aromatic rings. The summed E-state index contributed by atoms with van der Waals surface area (Å²) in [7, 11) is 0. The standard InChI is InChI=1S/C37H66N2O8/c1-5-9-21-36(34(44)45,22-10-6-2)30(32(40)41)38-28-17-13-26(14-18-28)25-27-15-19-29(20-16-27)39-31(33(42)43)37(35(46)47,23-11-7-3)24-12-8-4/h26-31,38-39H,5-25H2,1-4H3,(H,40,41)(H,42,43)(H,44,45)(H,46,47)/t26?,27?,28?,29?,30-,31-/m1/s1. The highest BCUT2D eigenvalue weighted by molar-refractivity contribution is 5.86. The van der Waals surface area contributed by atoms with E-state index in [0.717, 1.165) is 83.5 Å². The molecule has 272 valence electrons. The van der Waals surface area contributed by atoms with Crippen LogP contribution in [0.1, 0.15) is 163 Å². The van der Waals surface area contributed by atoms with Crippen LogP contribution in [0.25, 0.3) is 0 Å². The Hall–Kier alpha value is -2.20. The lowest BCUT2D eigenvalue weighted by molar-refractivity contribution is -0.161. The first-order valence-electron chi connectivity index (χ1n) is 18.8. The van der Waals surface area contributed by atoms with Gasteiger partial charge in [0.1, 0.15) is 12.1 Å². The van der Waals surface area contributed by atoms with Crippen molar-refractivity contribution in [2.45, 2.75) is 187 Å². The van der Waals surface area contributed by atoms with Gasteiger partial charge >= 0.3 is 23.9 Å². The molecular formula is C37H66N2O8. The molecule has 47 heavy (non-hydrogen) atoms. The van der Waals surface area contributed by atoms with Gasteiger partial charge in [-0.1, -0.05) is 79.1 Å². The van der Waals surface area contributed by atoms with Crippen LogP contribution in [0.3, 0.4) is 0 Å². The number of carbonyl (C=O) groups is 4. The Labute approximate surface area is 283 Å². The van der Waals surface area contributed by atoms with Crippen LogP contribution in [-0.2, 0) is 19.2 Å². The zero-order valence-corrected chi connectivity index (χ0v) is 29.7. The summed E-state index contributed by atoms with van der Waals surface area (Å²) in [4.78, 5) is 50.2. The predicted molar refractivity (Wildman–Crippen MR) is 183 cm³/mol. The van der Waals surface area contributed by atoms with Crippen LogP contribution < -0.4 is 10.6 Å². The lowest BCUT2D eigenvalue weighted by atomic mass is 9.70. The van der Waals surface area contributed by atoms with Crippen LogP contribution in [0.2, 0.25) is 0 Å². The van der Waals surface area contributed by atoms with Gasteiger partial charge in [0.2, 0.25) is 0 Å². The highest BCUT2D eigenvalue weighted by Gasteiger charge is 2.50. The van der Waals surface area contributed by atoms with E-state index in [1.54, 1.807) is 0 Å². The van der Waals surface area contributed by atoms with Crippen molar-refractivity contribution in [2.75, 3.05) is 0 Å². The van der Waals surface area contributed by atoms with E-state index in [1.807, 2.05) is 27.7 Å². The number of nitrogens with one attached hydrogen (secondary N) is 2. The maximum Gasteiger partial charge on any atom is 0.321 e. The summed E-state index contributed by atoms with van der Waals surface area (Å²) in [5.74, 6) is -3.11. The number of hydrogen-bond acceptors (Lipinski definition) is 6. The minimum absolute atomic E-state index is 0.0165. The maximum absolute atomic E-state index is 12.6. The number of aliphatic carboxylic acids is 4.